The number of rotatable bonds is 3. The summed E-state index contributed by atoms with van der Waals surface area (Å²) in [6.45, 7) is 1.66. The Morgan fingerprint density at radius 2 is 2.03 bits per heavy atom. The number of pyridine rings is 3. The summed E-state index contributed by atoms with van der Waals surface area (Å²) >= 11 is 0. The molecule has 0 fully saturated rings. The van der Waals surface area contributed by atoms with Gasteiger partial charge in [0.25, 0.3) is 5.56 Å². The average Bonchev–Trinajstić information content (AvgIpc) is 3.16. The van der Waals surface area contributed by atoms with Gasteiger partial charge in [0.15, 0.2) is 11.3 Å². The third-order valence-corrected chi connectivity index (χ3v) is 4.82. The van der Waals surface area contributed by atoms with Crippen molar-refractivity contribution in [2.75, 3.05) is 0 Å². The zero-order valence-electron chi connectivity index (χ0n) is 15.8. The lowest BCUT2D eigenvalue weighted by molar-refractivity contribution is 0.582. The molecule has 4 heterocycles. The quantitative estimate of drug-likeness (QED) is 0.413. The Kier molecular flexibility index (Phi) is 4.42. The number of nitrogens with one attached hydrogen (secondary N) is 2. The van der Waals surface area contributed by atoms with Crippen LogP contribution in [0.15, 0.2) is 60.0 Å². The molecule has 1 atom stereocenters. The molecule has 0 aliphatic heterocycles. The molecule has 0 saturated heterocycles. The lowest BCUT2D eigenvalue weighted by Crippen LogP contribution is -2.36. The van der Waals surface area contributed by atoms with Crippen molar-refractivity contribution in [1.82, 2.24) is 23.9 Å². The van der Waals surface area contributed by atoms with E-state index >= 15 is 0 Å². The van der Waals surface area contributed by atoms with E-state index < -0.39 is 17.3 Å². The SMILES string of the molecule is C[C@H](C(=N)n1cc(-c2cnn(C)c2)cc(F)c1=N)n1ccc2ncccc2c1=O. The van der Waals surface area contributed by atoms with E-state index in [0.29, 0.717) is 22.0 Å². The predicted molar refractivity (Wildman–Crippen MR) is 106 cm³/mol. The van der Waals surface area contributed by atoms with Crippen LogP contribution in [-0.2, 0) is 7.05 Å². The topological polar surface area (TPSA) is 105 Å². The molecule has 2 N–H and O–H groups in total. The number of fused-ring (bicyclic) bond motifs is 1. The fourth-order valence-electron chi connectivity index (χ4n) is 3.21. The molecular formula is C20H18FN7O. The molecular weight excluding hydrogens is 373 g/mol. The van der Waals surface area contributed by atoms with Crippen LogP contribution in [0.4, 0.5) is 4.39 Å². The van der Waals surface area contributed by atoms with Crippen LogP contribution < -0.4 is 11.0 Å². The second-order valence-electron chi connectivity index (χ2n) is 6.72. The van der Waals surface area contributed by atoms with Crippen LogP contribution in [0.3, 0.4) is 0 Å². The maximum atomic E-state index is 14.4. The zero-order valence-corrected chi connectivity index (χ0v) is 15.8. The molecule has 4 aromatic heterocycles. The number of nitrogens with zero attached hydrogens (tertiary/aromatic N) is 5. The second kappa shape index (κ2) is 6.93. The van der Waals surface area contributed by atoms with Crippen molar-refractivity contribution in [2.24, 2.45) is 7.05 Å². The van der Waals surface area contributed by atoms with Crippen molar-refractivity contribution in [1.29, 1.82) is 10.8 Å². The largest absolute Gasteiger partial charge is 0.305 e. The van der Waals surface area contributed by atoms with Crippen molar-refractivity contribution in [3.8, 4) is 11.1 Å². The highest BCUT2D eigenvalue weighted by Gasteiger charge is 2.18. The molecule has 4 aromatic rings. The first kappa shape index (κ1) is 18.5. The Morgan fingerprint density at radius 1 is 1.24 bits per heavy atom. The van der Waals surface area contributed by atoms with Gasteiger partial charge < -0.3 is 4.57 Å². The highest BCUT2D eigenvalue weighted by atomic mass is 19.1. The van der Waals surface area contributed by atoms with E-state index in [-0.39, 0.29) is 11.4 Å². The number of hydrogen-bond acceptors (Lipinski definition) is 5. The fourth-order valence-corrected chi connectivity index (χ4v) is 3.21. The highest BCUT2D eigenvalue weighted by Crippen LogP contribution is 2.19. The van der Waals surface area contributed by atoms with Crippen molar-refractivity contribution in [3.05, 3.63) is 76.9 Å². The molecule has 0 aromatic carbocycles. The lowest BCUT2D eigenvalue weighted by Gasteiger charge is -2.19. The first-order valence-electron chi connectivity index (χ1n) is 8.87. The maximum Gasteiger partial charge on any atom is 0.260 e. The Bertz CT molecular complexity index is 1370. The van der Waals surface area contributed by atoms with Gasteiger partial charge >= 0.3 is 0 Å². The number of aryl methyl sites for hydroxylation is 1. The summed E-state index contributed by atoms with van der Waals surface area (Å²) < 4.78 is 18.5. The van der Waals surface area contributed by atoms with E-state index in [1.165, 1.54) is 16.8 Å². The van der Waals surface area contributed by atoms with Gasteiger partial charge in [-0.1, -0.05) is 0 Å². The van der Waals surface area contributed by atoms with Crippen molar-refractivity contribution >= 4 is 16.7 Å². The van der Waals surface area contributed by atoms with Gasteiger partial charge in [-0.2, -0.15) is 5.10 Å². The molecule has 0 bridgehead atoms. The Hall–Kier alpha value is -3.88. The van der Waals surface area contributed by atoms with Crippen LogP contribution in [-0.4, -0.2) is 29.7 Å². The highest BCUT2D eigenvalue weighted by molar-refractivity contribution is 5.86. The average molecular weight is 391 g/mol. The van der Waals surface area contributed by atoms with Crippen molar-refractivity contribution < 1.29 is 4.39 Å². The van der Waals surface area contributed by atoms with E-state index in [0.717, 1.165) is 4.57 Å². The Labute approximate surface area is 164 Å². The summed E-state index contributed by atoms with van der Waals surface area (Å²) in [5, 5.41) is 21.1. The normalized spacial score (nSPS) is 12.2. The predicted octanol–water partition coefficient (Wildman–Crippen LogP) is 2.30. The van der Waals surface area contributed by atoms with E-state index in [9.17, 15) is 9.18 Å². The lowest BCUT2D eigenvalue weighted by atomic mass is 10.1. The van der Waals surface area contributed by atoms with Gasteiger partial charge in [-0.25, -0.2) is 4.39 Å². The number of hydrogen-bond donors (Lipinski definition) is 2. The van der Waals surface area contributed by atoms with Crippen LogP contribution in [0, 0.1) is 16.6 Å². The van der Waals surface area contributed by atoms with E-state index in [2.05, 4.69) is 10.1 Å². The van der Waals surface area contributed by atoms with Crippen LogP contribution in [0.5, 0.6) is 0 Å². The first-order chi connectivity index (χ1) is 13.9. The van der Waals surface area contributed by atoms with E-state index in [4.69, 9.17) is 10.8 Å². The molecule has 9 heteroatoms. The summed E-state index contributed by atoms with van der Waals surface area (Å²) in [7, 11) is 1.75. The van der Waals surface area contributed by atoms with Gasteiger partial charge in [-0.15, -0.1) is 0 Å². The number of aromatic nitrogens is 5. The molecule has 0 aliphatic carbocycles. The molecule has 0 radical (unpaired) electrons. The maximum absolute atomic E-state index is 14.4. The van der Waals surface area contributed by atoms with Gasteiger partial charge in [-0.05, 0) is 31.2 Å². The molecule has 0 spiro atoms. The first-order valence-corrected chi connectivity index (χ1v) is 8.87. The van der Waals surface area contributed by atoms with Crippen LogP contribution in [0.1, 0.15) is 13.0 Å². The standard InChI is InChI=1S/C20H18FN7O/c1-12(27-7-5-17-15(20(27)29)4-3-6-24-17)18(22)28-11-13(8-16(21)19(28)23)14-9-25-26(2)10-14/h3-12,22-23H,1-2H3/t12-/m1/s1. The van der Waals surface area contributed by atoms with Crippen LogP contribution >= 0.6 is 0 Å². The van der Waals surface area contributed by atoms with E-state index in [1.807, 2.05) is 0 Å². The second-order valence-corrected chi connectivity index (χ2v) is 6.72. The minimum atomic E-state index is -0.765. The third kappa shape index (κ3) is 3.16. The molecule has 0 aliphatic rings. The minimum Gasteiger partial charge on any atom is -0.305 e. The van der Waals surface area contributed by atoms with Crippen molar-refractivity contribution in [2.45, 2.75) is 13.0 Å². The smallest absolute Gasteiger partial charge is 0.260 e. The van der Waals surface area contributed by atoms with Gasteiger partial charge in [0.2, 0.25) is 0 Å². The van der Waals surface area contributed by atoms with Gasteiger partial charge in [0.05, 0.1) is 23.1 Å². The molecule has 4 rings (SSSR count). The minimum absolute atomic E-state index is 0.106. The summed E-state index contributed by atoms with van der Waals surface area (Å²) in [5.41, 5.74) is 0.952. The molecule has 8 nitrogen and oxygen atoms in total. The third-order valence-electron chi connectivity index (χ3n) is 4.82. The summed E-state index contributed by atoms with van der Waals surface area (Å²) in [4.78, 5) is 17.0. The Morgan fingerprint density at radius 3 is 2.76 bits per heavy atom. The molecule has 0 amide bonds. The molecule has 29 heavy (non-hydrogen) atoms. The van der Waals surface area contributed by atoms with Crippen molar-refractivity contribution in [3.63, 3.8) is 0 Å². The van der Waals surface area contributed by atoms with Gasteiger partial charge in [0.1, 0.15) is 5.84 Å². The van der Waals surface area contributed by atoms with Gasteiger partial charge in [-0.3, -0.25) is 29.8 Å². The fraction of sp³-hybridized carbons (Fsp3) is 0.150. The molecule has 0 unspecified atom stereocenters. The summed E-state index contributed by atoms with van der Waals surface area (Å²) in [5.74, 6) is -0.872. The van der Waals surface area contributed by atoms with Crippen LogP contribution in [0.2, 0.25) is 0 Å². The van der Waals surface area contributed by atoms with E-state index in [1.54, 1.807) is 61.6 Å². The zero-order chi connectivity index (χ0) is 20.7. The molecule has 0 saturated carbocycles. The molecule has 146 valence electrons. The summed E-state index contributed by atoms with van der Waals surface area (Å²) in [6.07, 6.45) is 7.97. The van der Waals surface area contributed by atoms with Crippen LogP contribution in [0.25, 0.3) is 22.0 Å². The number of halogens is 1. The Balaban J connectivity index is 1.80. The monoisotopic (exact) mass is 391 g/mol. The van der Waals surface area contributed by atoms with Gasteiger partial charge in [0, 0.05) is 43.0 Å². The summed E-state index contributed by atoms with van der Waals surface area (Å²) in [6, 6.07) is 5.54.